The van der Waals surface area contributed by atoms with Crippen LogP contribution in [-0.4, -0.2) is 46.8 Å². The van der Waals surface area contributed by atoms with Crippen molar-refractivity contribution < 1.29 is 18.0 Å². The number of rotatable bonds is 4. The molecular weight excluding hydrogens is 483 g/mol. The molecule has 1 amide bonds. The molecule has 0 atom stereocenters. The minimum Gasteiger partial charge on any atom is -0.364 e. The molecule has 0 spiro atoms. The van der Waals surface area contributed by atoms with Crippen LogP contribution < -0.4 is 16.0 Å². The number of hydrogen-bond acceptors (Lipinski definition) is 7. The van der Waals surface area contributed by atoms with E-state index < -0.39 is 28.9 Å². The van der Waals surface area contributed by atoms with Gasteiger partial charge in [-0.15, -0.1) is 0 Å². The van der Waals surface area contributed by atoms with Crippen LogP contribution in [0.4, 0.5) is 24.9 Å². The summed E-state index contributed by atoms with van der Waals surface area (Å²) < 4.78 is 41.6. The van der Waals surface area contributed by atoms with Crippen LogP contribution in [0.1, 0.15) is 27.2 Å². The number of nitrogens with zero attached hydrogens (tertiary/aromatic N) is 5. The number of aliphatic imine (C=N–C) groups is 1. The van der Waals surface area contributed by atoms with Crippen molar-refractivity contribution in [1.29, 1.82) is 0 Å². The largest absolute Gasteiger partial charge is 0.417 e. The molecule has 0 saturated carbocycles. The van der Waals surface area contributed by atoms with Crippen molar-refractivity contribution in [3.05, 3.63) is 64.1 Å². The zero-order valence-corrected chi connectivity index (χ0v) is 18.9. The third kappa shape index (κ3) is 3.87. The number of pyridine rings is 1. The lowest BCUT2D eigenvalue weighted by Crippen LogP contribution is -2.32. The van der Waals surface area contributed by atoms with Gasteiger partial charge in [0.1, 0.15) is 17.3 Å². The third-order valence-electron chi connectivity index (χ3n) is 5.69. The molecule has 2 aromatic heterocycles. The van der Waals surface area contributed by atoms with E-state index in [0.29, 0.717) is 52.4 Å². The minimum atomic E-state index is -4.74. The quantitative estimate of drug-likeness (QED) is 0.559. The molecule has 1 aromatic carbocycles. The predicted molar refractivity (Wildman–Crippen MR) is 127 cm³/mol. The fraction of sp³-hybridized carbons (Fsp3) is 0.174. The fourth-order valence-corrected chi connectivity index (χ4v) is 4.41. The smallest absolute Gasteiger partial charge is 0.364 e. The van der Waals surface area contributed by atoms with E-state index in [0.717, 1.165) is 12.3 Å². The Hall–Kier alpha value is -3.99. The number of primary amides is 1. The van der Waals surface area contributed by atoms with Gasteiger partial charge in [-0.25, -0.2) is 4.98 Å². The van der Waals surface area contributed by atoms with Crippen LogP contribution >= 0.6 is 11.6 Å². The van der Waals surface area contributed by atoms with Gasteiger partial charge in [0.05, 0.1) is 12.1 Å². The molecule has 0 bridgehead atoms. The van der Waals surface area contributed by atoms with E-state index in [1.807, 2.05) is 4.90 Å². The molecule has 2 aliphatic rings. The number of amides is 1. The summed E-state index contributed by atoms with van der Waals surface area (Å²) >= 11 is 6.53. The molecule has 3 N–H and O–H groups in total. The van der Waals surface area contributed by atoms with Crippen LogP contribution in [0.2, 0.25) is 5.02 Å². The van der Waals surface area contributed by atoms with Crippen molar-refractivity contribution in [1.82, 2.24) is 15.0 Å². The van der Waals surface area contributed by atoms with Crippen molar-refractivity contribution in [2.45, 2.75) is 6.18 Å². The molecule has 0 aliphatic carbocycles. The van der Waals surface area contributed by atoms with Crippen LogP contribution in [0.5, 0.6) is 0 Å². The van der Waals surface area contributed by atoms with Gasteiger partial charge < -0.3 is 16.0 Å². The number of anilines is 2. The van der Waals surface area contributed by atoms with Gasteiger partial charge in [-0.1, -0.05) is 17.7 Å². The number of carbonyl (C=O) groups excluding carboxylic acids is 1. The maximum absolute atomic E-state index is 13.9. The van der Waals surface area contributed by atoms with E-state index in [1.165, 1.54) is 18.2 Å². The number of alkyl halides is 3. The number of nitrogens with one attached hydrogen (secondary N) is 1. The third-order valence-corrected chi connectivity index (χ3v) is 6.02. The summed E-state index contributed by atoms with van der Waals surface area (Å²) in [5.74, 6) is 0.633. The van der Waals surface area contributed by atoms with Crippen molar-refractivity contribution in [2.24, 2.45) is 10.7 Å². The summed E-state index contributed by atoms with van der Waals surface area (Å²) in [6.07, 6.45) is -0.382. The van der Waals surface area contributed by atoms with E-state index in [2.05, 4.69) is 25.3 Å². The molecule has 4 heterocycles. The monoisotopic (exact) mass is 499 g/mol. The highest BCUT2D eigenvalue weighted by molar-refractivity contribution is 6.40. The molecule has 5 rings (SSSR count). The van der Waals surface area contributed by atoms with Gasteiger partial charge in [-0.05, 0) is 29.8 Å². The Balaban J connectivity index is 1.72. The molecule has 2 aliphatic heterocycles. The van der Waals surface area contributed by atoms with E-state index in [-0.39, 0.29) is 5.56 Å². The number of aromatic nitrogens is 3. The summed E-state index contributed by atoms with van der Waals surface area (Å²) in [5.41, 5.74) is 5.29. The van der Waals surface area contributed by atoms with E-state index in [1.54, 1.807) is 19.3 Å². The molecule has 12 heteroatoms. The van der Waals surface area contributed by atoms with Crippen LogP contribution in [0.15, 0.2) is 41.7 Å². The molecule has 178 valence electrons. The number of halogens is 4. The fourth-order valence-electron chi connectivity index (χ4n) is 4.19. The van der Waals surface area contributed by atoms with Crippen LogP contribution in [0.3, 0.4) is 0 Å². The SMILES string of the molecule is CNc1ncc2c(n1)N1CCN=C1C(c1cc(-c3c(C(F)(F)F)ccnc3C(N)=O)ccc1Cl)=C2. The highest BCUT2D eigenvalue weighted by Crippen LogP contribution is 2.42. The maximum atomic E-state index is 13.9. The number of fused-ring (bicyclic) bond motifs is 3. The molecule has 0 unspecified atom stereocenters. The van der Waals surface area contributed by atoms with Gasteiger partial charge >= 0.3 is 6.18 Å². The van der Waals surface area contributed by atoms with Gasteiger partial charge in [0.25, 0.3) is 5.91 Å². The Kier molecular flexibility index (Phi) is 5.43. The number of carbonyl (C=O) groups is 1. The summed E-state index contributed by atoms with van der Waals surface area (Å²) in [6, 6.07) is 5.17. The molecule has 0 saturated heterocycles. The topological polar surface area (TPSA) is 109 Å². The van der Waals surface area contributed by atoms with Gasteiger partial charge in [0.15, 0.2) is 0 Å². The molecule has 3 aromatic rings. The van der Waals surface area contributed by atoms with Gasteiger partial charge in [0, 0.05) is 53.3 Å². The number of hydrogen-bond donors (Lipinski definition) is 2. The predicted octanol–water partition coefficient (Wildman–Crippen LogP) is 4.12. The molecular formula is C23H17ClF3N7O. The van der Waals surface area contributed by atoms with Gasteiger partial charge in [-0.3, -0.25) is 14.8 Å². The summed E-state index contributed by atoms with van der Waals surface area (Å²) in [7, 11) is 1.71. The van der Waals surface area contributed by atoms with Crippen LogP contribution in [0, 0.1) is 0 Å². The van der Waals surface area contributed by atoms with Crippen molar-refractivity contribution >= 4 is 46.8 Å². The van der Waals surface area contributed by atoms with Gasteiger partial charge in [-0.2, -0.15) is 18.2 Å². The van der Waals surface area contributed by atoms with Crippen molar-refractivity contribution in [3.63, 3.8) is 0 Å². The molecule has 8 nitrogen and oxygen atoms in total. The zero-order chi connectivity index (χ0) is 24.9. The molecule has 35 heavy (non-hydrogen) atoms. The average Bonchev–Trinajstić information content (AvgIpc) is 3.33. The minimum absolute atomic E-state index is 0.0947. The Labute approximate surface area is 202 Å². The highest BCUT2D eigenvalue weighted by atomic mass is 35.5. The Morgan fingerprint density at radius 3 is 2.74 bits per heavy atom. The second kappa shape index (κ2) is 8.35. The van der Waals surface area contributed by atoms with Crippen molar-refractivity contribution in [3.8, 4) is 11.1 Å². The first-order valence-corrected chi connectivity index (χ1v) is 10.8. The Morgan fingerprint density at radius 1 is 1.23 bits per heavy atom. The highest BCUT2D eigenvalue weighted by Gasteiger charge is 2.37. The molecule has 0 fully saturated rings. The first kappa shape index (κ1) is 22.8. The van der Waals surface area contributed by atoms with Crippen LogP contribution in [-0.2, 0) is 6.18 Å². The number of benzene rings is 1. The van der Waals surface area contributed by atoms with E-state index in [4.69, 9.17) is 17.3 Å². The second-order valence-corrected chi connectivity index (χ2v) is 8.18. The summed E-state index contributed by atoms with van der Waals surface area (Å²) in [4.78, 5) is 31.1. The summed E-state index contributed by atoms with van der Waals surface area (Å²) in [6.45, 7) is 1.08. The lowest BCUT2D eigenvalue weighted by Gasteiger charge is -2.28. The summed E-state index contributed by atoms with van der Waals surface area (Å²) in [5, 5.41) is 3.20. The average molecular weight is 500 g/mol. The Bertz CT molecular complexity index is 1440. The van der Waals surface area contributed by atoms with E-state index >= 15 is 0 Å². The normalized spacial score (nSPS) is 14.7. The first-order valence-electron chi connectivity index (χ1n) is 10.4. The second-order valence-electron chi connectivity index (χ2n) is 7.78. The Morgan fingerprint density at radius 2 is 2.03 bits per heavy atom. The van der Waals surface area contributed by atoms with Crippen LogP contribution in [0.25, 0.3) is 22.8 Å². The number of amidine groups is 1. The standard InChI is InChI=1S/C23H17ClF3N7O/c1-29-22-32-10-12-9-14(21-31-6-7-34(21)20(12)33-22)13-8-11(2-3-16(13)24)17-15(23(25,26)27)4-5-30-18(17)19(28)35/h2-5,8-10H,6-7H2,1H3,(H2,28,35)(H,29,32,33). The maximum Gasteiger partial charge on any atom is 0.417 e. The first-order chi connectivity index (χ1) is 16.7. The van der Waals surface area contributed by atoms with Crippen molar-refractivity contribution in [2.75, 3.05) is 30.4 Å². The van der Waals surface area contributed by atoms with Gasteiger partial charge in [0.2, 0.25) is 5.95 Å². The lowest BCUT2D eigenvalue weighted by atomic mass is 9.92. The zero-order valence-electron chi connectivity index (χ0n) is 18.2. The molecule has 0 radical (unpaired) electrons. The lowest BCUT2D eigenvalue weighted by molar-refractivity contribution is -0.137. The number of nitrogens with two attached hydrogens (primary N) is 1. The van der Waals surface area contributed by atoms with E-state index in [9.17, 15) is 18.0 Å².